The Balaban J connectivity index is 1.87. The molecule has 1 heterocycles. The Labute approximate surface area is 111 Å². The van der Waals surface area contributed by atoms with Crippen molar-refractivity contribution in [1.29, 1.82) is 0 Å². The zero-order valence-corrected chi connectivity index (χ0v) is 11.1. The Hall–Kier alpha value is -1.81. The Morgan fingerprint density at radius 3 is 2.67 bits per heavy atom. The van der Waals surface area contributed by atoms with Gasteiger partial charge in [-0.1, -0.05) is 30.3 Å². The Bertz CT molecular complexity index is 534. The van der Waals surface area contributed by atoms with Crippen LogP contribution in [0.5, 0.6) is 0 Å². The molecule has 0 aliphatic heterocycles. The van der Waals surface area contributed by atoms with Gasteiger partial charge in [0.15, 0.2) is 0 Å². The molecule has 1 amide bonds. The largest absolute Gasteiger partial charge is 0.390 e. The Kier molecular flexibility index (Phi) is 3.99. The monoisotopic (exact) mass is 260 g/mol. The Morgan fingerprint density at radius 2 is 2.06 bits per heavy atom. The first kappa shape index (κ1) is 12.6. The van der Waals surface area contributed by atoms with E-state index >= 15 is 0 Å². The van der Waals surface area contributed by atoms with Gasteiger partial charge in [-0.05, 0) is 25.0 Å². The van der Waals surface area contributed by atoms with Crippen molar-refractivity contribution < 1.29 is 4.79 Å². The molecule has 1 aromatic carbocycles. The maximum Gasteiger partial charge on any atom is 0.254 e. The first-order valence-electron chi connectivity index (χ1n) is 5.85. The SMILES string of the molecule is Cc1cc(C(=O)NCCc2ccccc2)c(N)s1. The average Bonchev–Trinajstić information content (AvgIpc) is 2.70. The van der Waals surface area contributed by atoms with Crippen LogP contribution in [0.2, 0.25) is 0 Å². The highest BCUT2D eigenvalue weighted by Gasteiger charge is 2.11. The third-order valence-electron chi connectivity index (χ3n) is 2.67. The van der Waals surface area contributed by atoms with Crippen molar-refractivity contribution in [3.63, 3.8) is 0 Å². The van der Waals surface area contributed by atoms with E-state index in [9.17, 15) is 4.79 Å². The van der Waals surface area contributed by atoms with Crippen LogP contribution in [0.25, 0.3) is 0 Å². The lowest BCUT2D eigenvalue weighted by molar-refractivity contribution is 0.0955. The van der Waals surface area contributed by atoms with Gasteiger partial charge in [0.25, 0.3) is 5.91 Å². The fourth-order valence-corrected chi connectivity index (χ4v) is 2.56. The summed E-state index contributed by atoms with van der Waals surface area (Å²) in [6, 6.07) is 11.9. The number of benzene rings is 1. The van der Waals surface area contributed by atoms with Crippen LogP contribution in [-0.4, -0.2) is 12.5 Å². The van der Waals surface area contributed by atoms with Crippen molar-refractivity contribution in [2.75, 3.05) is 12.3 Å². The molecule has 0 unspecified atom stereocenters. The fraction of sp³-hybridized carbons (Fsp3) is 0.214. The number of aryl methyl sites for hydroxylation is 1. The molecule has 2 rings (SSSR count). The summed E-state index contributed by atoms with van der Waals surface area (Å²) in [7, 11) is 0. The van der Waals surface area contributed by atoms with E-state index in [4.69, 9.17) is 5.73 Å². The van der Waals surface area contributed by atoms with E-state index in [1.807, 2.05) is 31.2 Å². The molecule has 0 spiro atoms. The summed E-state index contributed by atoms with van der Waals surface area (Å²) in [5.74, 6) is -0.0900. The first-order valence-corrected chi connectivity index (χ1v) is 6.66. The van der Waals surface area contributed by atoms with Crippen LogP contribution in [0.3, 0.4) is 0 Å². The molecular weight excluding hydrogens is 244 g/mol. The van der Waals surface area contributed by atoms with Gasteiger partial charge in [-0.2, -0.15) is 0 Å². The molecule has 0 radical (unpaired) electrons. The number of hydrogen-bond donors (Lipinski definition) is 2. The minimum Gasteiger partial charge on any atom is -0.390 e. The van der Waals surface area contributed by atoms with Crippen molar-refractivity contribution in [3.8, 4) is 0 Å². The molecule has 4 heteroatoms. The lowest BCUT2D eigenvalue weighted by Gasteiger charge is -2.04. The summed E-state index contributed by atoms with van der Waals surface area (Å²) >= 11 is 1.44. The van der Waals surface area contributed by atoms with Gasteiger partial charge < -0.3 is 11.1 Å². The van der Waals surface area contributed by atoms with Gasteiger partial charge in [-0.3, -0.25) is 4.79 Å². The maximum atomic E-state index is 11.9. The highest BCUT2D eigenvalue weighted by atomic mass is 32.1. The summed E-state index contributed by atoms with van der Waals surface area (Å²) in [4.78, 5) is 12.9. The smallest absolute Gasteiger partial charge is 0.254 e. The zero-order valence-electron chi connectivity index (χ0n) is 10.3. The molecule has 0 fully saturated rings. The number of amides is 1. The van der Waals surface area contributed by atoms with Gasteiger partial charge >= 0.3 is 0 Å². The molecule has 0 aliphatic rings. The number of carbonyl (C=O) groups excluding carboxylic acids is 1. The van der Waals surface area contributed by atoms with Crippen LogP contribution in [0.15, 0.2) is 36.4 Å². The van der Waals surface area contributed by atoms with Crippen molar-refractivity contribution in [2.45, 2.75) is 13.3 Å². The number of nitrogens with two attached hydrogens (primary N) is 1. The lowest BCUT2D eigenvalue weighted by atomic mass is 10.1. The van der Waals surface area contributed by atoms with Crippen LogP contribution in [-0.2, 0) is 6.42 Å². The second kappa shape index (κ2) is 5.69. The van der Waals surface area contributed by atoms with Gasteiger partial charge in [-0.25, -0.2) is 0 Å². The number of nitrogen functional groups attached to an aromatic ring is 1. The van der Waals surface area contributed by atoms with Crippen LogP contribution in [0.4, 0.5) is 5.00 Å². The molecule has 0 saturated carbocycles. The number of nitrogens with one attached hydrogen (secondary N) is 1. The zero-order chi connectivity index (χ0) is 13.0. The number of hydrogen-bond acceptors (Lipinski definition) is 3. The summed E-state index contributed by atoms with van der Waals surface area (Å²) in [5, 5.41) is 3.48. The average molecular weight is 260 g/mol. The summed E-state index contributed by atoms with van der Waals surface area (Å²) < 4.78 is 0. The second-order valence-corrected chi connectivity index (χ2v) is 5.41. The summed E-state index contributed by atoms with van der Waals surface area (Å²) in [6.45, 7) is 2.57. The van der Waals surface area contributed by atoms with Gasteiger partial charge in [0.05, 0.1) is 10.6 Å². The summed E-state index contributed by atoms with van der Waals surface area (Å²) in [6.07, 6.45) is 0.829. The van der Waals surface area contributed by atoms with Crippen LogP contribution < -0.4 is 11.1 Å². The van der Waals surface area contributed by atoms with E-state index in [-0.39, 0.29) is 5.91 Å². The van der Waals surface area contributed by atoms with Crippen molar-refractivity contribution in [1.82, 2.24) is 5.32 Å². The predicted octanol–water partition coefficient (Wildman–Crippen LogP) is 2.61. The Morgan fingerprint density at radius 1 is 1.33 bits per heavy atom. The van der Waals surface area contributed by atoms with Gasteiger partial charge in [0.1, 0.15) is 0 Å². The summed E-state index contributed by atoms with van der Waals surface area (Å²) in [5.41, 5.74) is 7.59. The van der Waals surface area contributed by atoms with Crippen LogP contribution in [0.1, 0.15) is 20.8 Å². The second-order valence-electron chi connectivity index (χ2n) is 4.13. The van der Waals surface area contributed by atoms with Crippen molar-refractivity contribution in [2.24, 2.45) is 0 Å². The van der Waals surface area contributed by atoms with Crippen molar-refractivity contribution in [3.05, 3.63) is 52.4 Å². The normalized spacial score (nSPS) is 10.3. The van der Waals surface area contributed by atoms with E-state index in [1.54, 1.807) is 0 Å². The van der Waals surface area contributed by atoms with E-state index in [1.165, 1.54) is 16.9 Å². The molecular formula is C14H16N2OS. The fourth-order valence-electron chi connectivity index (χ4n) is 1.77. The highest BCUT2D eigenvalue weighted by molar-refractivity contribution is 7.16. The third kappa shape index (κ3) is 3.11. The molecule has 3 nitrogen and oxygen atoms in total. The van der Waals surface area contributed by atoms with Crippen molar-refractivity contribution >= 4 is 22.2 Å². The van der Waals surface area contributed by atoms with E-state index < -0.39 is 0 Å². The minimum atomic E-state index is -0.0900. The molecule has 3 N–H and O–H groups in total. The molecule has 94 valence electrons. The van der Waals surface area contributed by atoms with Crippen LogP contribution >= 0.6 is 11.3 Å². The third-order valence-corrected chi connectivity index (χ3v) is 3.55. The molecule has 0 saturated heterocycles. The maximum absolute atomic E-state index is 11.9. The molecule has 0 atom stereocenters. The predicted molar refractivity (Wildman–Crippen MR) is 75.9 cm³/mol. The highest BCUT2D eigenvalue weighted by Crippen LogP contribution is 2.23. The molecule has 1 aromatic heterocycles. The minimum absolute atomic E-state index is 0.0900. The molecule has 18 heavy (non-hydrogen) atoms. The number of thiophene rings is 1. The van der Waals surface area contributed by atoms with E-state index in [2.05, 4.69) is 17.4 Å². The van der Waals surface area contributed by atoms with Crippen LogP contribution in [0, 0.1) is 6.92 Å². The van der Waals surface area contributed by atoms with E-state index in [0.717, 1.165) is 11.3 Å². The number of carbonyl (C=O) groups is 1. The molecule has 2 aromatic rings. The topological polar surface area (TPSA) is 55.1 Å². The molecule has 0 aliphatic carbocycles. The van der Waals surface area contributed by atoms with Gasteiger partial charge in [0, 0.05) is 11.4 Å². The number of anilines is 1. The lowest BCUT2D eigenvalue weighted by Crippen LogP contribution is -2.25. The number of rotatable bonds is 4. The quantitative estimate of drug-likeness (QED) is 0.888. The van der Waals surface area contributed by atoms with Gasteiger partial charge in [0.2, 0.25) is 0 Å². The van der Waals surface area contributed by atoms with Gasteiger partial charge in [-0.15, -0.1) is 11.3 Å². The first-order chi connectivity index (χ1) is 8.66. The van der Waals surface area contributed by atoms with E-state index in [0.29, 0.717) is 17.1 Å². The standard InChI is InChI=1S/C14H16N2OS/c1-10-9-12(13(15)18-10)14(17)16-8-7-11-5-3-2-4-6-11/h2-6,9H,7-8,15H2,1H3,(H,16,17). The molecule has 0 bridgehead atoms.